The van der Waals surface area contributed by atoms with Crippen molar-refractivity contribution in [3.8, 4) is 11.5 Å². The third-order valence-corrected chi connectivity index (χ3v) is 5.85. The molecule has 3 rings (SSSR count). The molecule has 0 saturated heterocycles. The van der Waals surface area contributed by atoms with Crippen LogP contribution < -0.4 is 14.8 Å². The van der Waals surface area contributed by atoms with Crippen LogP contribution in [0.4, 0.5) is 0 Å². The van der Waals surface area contributed by atoms with Crippen molar-refractivity contribution < 1.29 is 14.6 Å². The minimum atomic E-state index is -0.514. The van der Waals surface area contributed by atoms with Crippen molar-refractivity contribution >= 4 is 11.8 Å². The summed E-state index contributed by atoms with van der Waals surface area (Å²) in [4.78, 5) is 0. The highest BCUT2D eigenvalue weighted by atomic mass is 32.2. The van der Waals surface area contributed by atoms with Gasteiger partial charge in [-0.25, -0.2) is 0 Å². The fraction of sp³-hybridized carbons (Fsp3) is 0.625. The number of ether oxygens (including phenoxy) is 2. The fourth-order valence-electron chi connectivity index (χ4n) is 2.85. The van der Waals surface area contributed by atoms with Gasteiger partial charge in [0.2, 0.25) is 0 Å². The van der Waals surface area contributed by atoms with Crippen molar-refractivity contribution in [2.45, 2.75) is 30.1 Å². The highest BCUT2D eigenvalue weighted by Gasteiger charge is 2.35. The first-order valence-corrected chi connectivity index (χ1v) is 8.78. The zero-order valence-electron chi connectivity index (χ0n) is 12.4. The summed E-state index contributed by atoms with van der Waals surface area (Å²) in [5, 5.41) is 13.7. The molecule has 0 radical (unpaired) electrons. The predicted molar refractivity (Wildman–Crippen MR) is 85.4 cm³/mol. The van der Waals surface area contributed by atoms with Gasteiger partial charge >= 0.3 is 0 Å². The molecule has 1 aromatic rings. The van der Waals surface area contributed by atoms with Crippen LogP contribution in [0.15, 0.2) is 18.2 Å². The molecule has 2 N–H and O–H groups in total. The molecule has 5 heteroatoms. The van der Waals surface area contributed by atoms with E-state index in [2.05, 4.69) is 11.6 Å². The van der Waals surface area contributed by atoms with E-state index in [4.69, 9.17) is 9.47 Å². The summed E-state index contributed by atoms with van der Waals surface area (Å²) >= 11 is 1.94. The van der Waals surface area contributed by atoms with Crippen molar-refractivity contribution in [1.29, 1.82) is 0 Å². The Hall–Kier alpha value is -0.910. The smallest absolute Gasteiger partial charge is 0.161 e. The van der Waals surface area contributed by atoms with Gasteiger partial charge in [-0.2, -0.15) is 11.8 Å². The van der Waals surface area contributed by atoms with Crippen LogP contribution >= 0.6 is 11.8 Å². The second-order valence-electron chi connectivity index (χ2n) is 5.79. The quantitative estimate of drug-likeness (QED) is 0.845. The number of hydrogen-bond acceptors (Lipinski definition) is 5. The van der Waals surface area contributed by atoms with Crippen molar-refractivity contribution in [2.24, 2.45) is 0 Å². The van der Waals surface area contributed by atoms with Crippen LogP contribution in [0.1, 0.15) is 30.9 Å². The summed E-state index contributed by atoms with van der Waals surface area (Å²) in [6, 6.07) is 5.67. The molecule has 0 bridgehead atoms. The molecule has 21 heavy (non-hydrogen) atoms. The van der Waals surface area contributed by atoms with Gasteiger partial charge in [-0.1, -0.05) is 12.5 Å². The third kappa shape index (κ3) is 3.30. The summed E-state index contributed by atoms with van der Waals surface area (Å²) in [6.07, 6.45) is 5.55. The highest BCUT2D eigenvalue weighted by Crippen LogP contribution is 2.42. The van der Waals surface area contributed by atoms with E-state index >= 15 is 0 Å². The van der Waals surface area contributed by atoms with Gasteiger partial charge in [0.05, 0.1) is 6.10 Å². The molecule has 2 aliphatic rings. The maximum atomic E-state index is 10.3. The lowest BCUT2D eigenvalue weighted by atomic mass is 9.84. The van der Waals surface area contributed by atoms with E-state index in [0.717, 1.165) is 23.6 Å². The second kappa shape index (κ2) is 6.46. The standard InChI is InChI=1S/C16H23NO3S/c1-21-16(5-2-6-16)11-17-10-13(18)12-3-4-14-15(9-12)20-8-7-19-14/h3-4,9,13,17-18H,2,5-8,10-11H2,1H3. The SMILES string of the molecule is CSC1(CNCC(O)c2ccc3c(c2)OCCO3)CCC1. The molecule has 1 fully saturated rings. The molecule has 1 saturated carbocycles. The van der Waals surface area contributed by atoms with Crippen LogP contribution in [0.25, 0.3) is 0 Å². The molecule has 0 spiro atoms. The number of benzene rings is 1. The summed E-state index contributed by atoms with van der Waals surface area (Å²) in [6.45, 7) is 2.70. The van der Waals surface area contributed by atoms with Crippen molar-refractivity contribution in [2.75, 3.05) is 32.6 Å². The lowest BCUT2D eigenvalue weighted by Crippen LogP contribution is -2.44. The maximum Gasteiger partial charge on any atom is 0.161 e. The first kappa shape index (κ1) is 15.0. The normalized spacial score (nSPS) is 20.7. The maximum absolute atomic E-state index is 10.3. The van der Waals surface area contributed by atoms with E-state index in [9.17, 15) is 5.11 Å². The van der Waals surface area contributed by atoms with E-state index in [1.54, 1.807) is 0 Å². The number of rotatable bonds is 6. The van der Waals surface area contributed by atoms with Gasteiger partial charge < -0.3 is 19.9 Å². The van der Waals surface area contributed by atoms with Crippen molar-refractivity contribution in [3.05, 3.63) is 23.8 Å². The van der Waals surface area contributed by atoms with Crippen LogP contribution in [0.3, 0.4) is 0 Å². The molecular weight excluding hydrogens is 286 g/mol. The molecule has 0 amide bonds. The first-order chi connectivity index (χ1) is 10.2. The molecule has 1 heterocycles. The molecular formula is C16H23NO3S. The monoisotopic (exact) mass is 309 g/mol. The van der Waals surface area contributed by atoms with E-state index in [-0.39, 0.29) is 0 Å². The molecule has 116 valence electrons. The number of fused-ring (bicyclic) bond motifs is 1. The summed E-state index contributed by atoms with van der Waals surface area (Å²) in [5.74, 6) is 1.50. The zero-order chi connectivity index (χ0) is 14.7. The van der Waals surface area contributed by atoms with Gasteiger partial charge in [0, 0.05) is 17.8 Å². The second-order valence-corrected chi connectivity index (χ2v) is 7.06. The highest BCUT2D eigenvalue weighted by molar-refractivity contribution is 8.00. The Bertz CT molecular complexity index is 485. The number of nitrogens with one attached hydrogen (secondary N) is 1. The third-order valence-electron chi connectivity index (χ3n) is 4.43. The van der Waals surface area contributed by atoms with Crippen LogP contribution in [-0.4, -0.2) is 42.4 Å². The van der Waals surface area contributed by atoms with Gasteiger partial charge in [-0.3, -0.25) is 0 Å². The van der Waals surface area contributed by atoms with Gasteiger partial charge in [-0.15, -0.1) is 0 Å². The summed E-state index contributed by atoms with van der Waals surface area (Å²) < 4.78 is 11.4. The van der Waals surface area contributed by atoms with E-state index in [1.807, 2.05) is 30.0 Å². The van der Waals surface area contributed by atoms with Crippen LogP contribution in [-0.2, 0) is 0 Å². The summed E-state index contributed by atoms with van der Waals surface area (Å²) in [7, 11) is 0. The Morgan fingerprint density at radius 2 is 2.05 bits per heavy atom. The summed E-state index contributed by atoms with van der Waals surface area (Å²) in [5.41, 5.74) is 0.874. The van der Waals surface area contributed by atoms with Crippen LogP contribution in [0, 0.1) is 0 Å². The zero-order valence-corrected chi connectivity index (χ0v) is 13.2. The first-order valence-electron chi connectivity index (χ1n) is 7.56. The topological polar surface area (TPSA) is 50.7 Å². The lowest BCUT2D eigenvalue weighted by molar-refractivity contribution is 0.161. The van der Waals surface area contributed by atoms with Crippen LogP contribution in [0.2, 0.25) is 0 Å². The Kier molecular flexibility index (Phi) is 4.62. The average Bonchev–Trinajstić information content (AvgIpc) is 2.49. The fourth-order valence-corrected chi connectivity index (χ4v) is 3.79. The van der Waals surface area contributed by atoms with Crippen molar-refractivity contribution in [3.63, 3.8) is 0 Å². The minimum absolute atomic E-state index is 0.395. The Morgan fingerprint density at radius 3 is 2.71 bits per heavy atom. The number of aliphatic hydroxyl groups excluding tert-OH is 1. The Labute approximate surface area is 130 Å². The Balaban J connectivity index is 1.54. The van der Waals surface area contributed by atoms with E-state index in [0.29, 0.717) is 24.5 Å². The van der Waals surface area contributed by atoms with Gasteiger partial charge in [-0.05, 0) is 36.8 Å². The van der Waals surface area contributed by atoms with Crippen LogP contribution in [0.5, 0.6) is 11.5 Å². The molecule has 1 atom stereocenters. The van der Waals surface area contributed by atoms with Gasteiger partial charge in [0.25, 0.3) is 0 Å². The van der Waals surface area contributed by atoms with Gasteiger partial charge in [0.15, 0.2) is 11.5 Å². The molecule has 1 aromatic carbocycles. The largest absolute Gasteiger partial charge is 0.486 e. The number of hydrogen-bond donors (Lipinski definition) is 2. The van der Waals surface area contributed by atoms with Crippen molar-refractivity contribution in [1.82, 2.24) is 5.32 Å². The van der Waals surface area contributed by atoms with E-state index in [1.165, 1.54) is 19.3 Å². The predicted octanol–water partition coefficient (Wildman–Crippen LogP) is 2.37. The molecule has 4 nitrogen and oxygen atoms in total. The number of thioether (sulfide) groups is 1. The number of aliphatic hydroxyl groups is 1. The average molecular weight is 309 g/mol. The molecule has 1 aliphatic carbocycles. The Morgan fingerprint density at radius 1 is 1.29 bits per heavy atom. The van der Waals surface area contributed by atoms with Gasteiger partial charge in [0.1, 0.15) is 13.2 Å². The lowest BCUT2D eigenvalue weighted by Gasteiger charge is -2.40. The molecule has 1 aliphatic heterocycles. The molecule has 1 unspecified atom stereocenters. The molecule has 0 aromatic heterocycles. The van der Waals surface area contributed by atoms with E-state index < -0.39 is 6.10 Å². The minimum Gasteiger partial charge on any atom is -0.486 e.